The molecule has 1 atom stereocenters. The first-order valence-corrected chi connectivity index (χ1v) is 6.92. The Kier molecular flexibility index (Phi) is 3.93. The van der Waals surface area contributed by atoms with Crippen LogP contribution in [0.5, 0.6) is 0 Å². The molecule has 2 heterocycles. The Bertz CT molecular complexity index is 678. The maximum atomic E-state index is 12.0. The molecule has 0 aliphatic heterocycles. The molecule has 0 unspecified atom stereocenters. The van der Waals surface area contributed by atoms with Gasteiger partial charge in [-0.15, -0.1) is 0 Å². The minimum Gasteiger partial charge on any atom is -0.307 e. The number of aryl methyl sites for hydroxylation is 1. The van der Waals surface area contributed by atoms with Crippen LogP contribution in [0.15, 0.2) is 15.7 Å². The van der Waals surface area contributed by atoms with Crippen molar-refractivity contribution in [2.24, 2.45) is 0 Å². The van der Waals surface area contributed by atoms with Crippen LogP contribution in [-0.2, 0) is 0 Å². The van der Waals surface area contributed by atoms with Gasteiger partial charge in [0.25, 0.3) is 5.56 Å². The summed E-state index contributed by atoms with van der Waals surface area (Å²) in [7, 11) is 0. The first-order chi connectivity index (χ1) is 9.08. The van der Waals surface area contributed by atoms with Crippen molar-refractivity contribution >= 4 is 11.0 Å². The molecule has 0 aliphatic carbocycles. The Labute approximate surface area is 111 Å². The Morgan fingerprint density at radius 3 is 2.68 bits per heavy atom. The third kappa shape index (κ3) is 2.50. The molecule has 5 nitrogen and oxygen atoms in total. The molecule has 0 aromatic carbocycles. The Balaban J connectivity index is 2.60. The number of hydrogen-bond acceptors (Lipinski definition) is 2. The zero-order chi connectivity index (χ0) is 14.0. The molecule has 2 N–H and O–H groups in total. The zero-order valence-corrected chi connectivity index (χ0v) is 11.7. The number of H-pyrrole nitrogens is 2. The van der Waals surface area contributed by atoms with Crippen LogP contribution in [-0.4, -0.2) is 14.8 Å². The molecule has 0 radical (unpaired) electrons. The van der Waals surface area contributed by atoms with Crippen LogP contribution < -0.4 is 11.1 Å². The minimum atomic E-state index is -0.164. The molecule has 0 amide bonds. The number of hydrogen-bond donors (Lipinski definition) is 2. The summed E-state index contributed by atoms with van der Waals surface area (Å²) in [6.45, 7) is 6.04. The molecule has 2 rings (SSSR count). The lowest BCUT2D eigenvalue weighted by Crippen LogP contribution is -2.14. The summed E-state index contributed by atoms with van der Waals surface area (Å²) in [6, 6.07) is 1.69. The number of nitrogens with zero attached hydrogens (tertiary/aromatic N) is 1. The summed E-state index contributed by atoms with van der Waals surface area (Å²) in [5, 5.41) is 3.46. The molecule has 0 saturated heterocycles. The molecule has 19 heavy (non-hydrogen) atoms. The van der Waals surface area contributed by atoms with Gasteiger partial charge in [0.15, 0.2) is 0 Å². The summed E-state index contributed by atoms with van der Waals surface area (Å²) in [5.41, 5.74) is 1.06. The van der Waals surface area contributed by atoms with Gasteiger partial charge in [0.1, 0.15) is 5.65 Å². The number of aromatic nitrogens is 3. The average molecular weight is 263 g/mol. The molecule has 2 aromatic rings. The third-order valence-corrected chi connectivity index (χ3v) is 3.64. The second-order valence-corrected chi connectivity index (χ2v) is 5.06. The number of rotatable bonds is 5. The van der Waals surface area contributed by atoms with Gasteiger partial charge >= 0.3 is 0 Å². The predicted octanol–water partition coefficient (Wildman–Crippen LogP) is 2.47. The van der Waals surface area contributed by atoms with E-state index in [9.17, 15) is 9.59 Å². The van der Waals surface area contributed by atoms with E-state index in [-0.39, 0.29) is 17.2 Å². The molecule has 0 saturated carbocycles. The van der Waals surface area contributed by atoms with Gasteiger partial charge in [0.2, 0.25) is 5.56 Å². The van der Waals surface area contributed by atoms with E-state index in [0.29, 0.717) is 11.0 Å². The first kappa shape index (κ1) is 13.6. The number of aromatic amines is 2. The molecule has 0 aliphatic rings. The number of unbranched alkanes of at least 4 members (excludes halogenated alkanes) is 1. The smallest absolute Gasteiger partial charge is 0.273 e. The number of nitrogens with one attached hydrogen (secondary N) is 2. The summed E-state index contributed by atoms with van der Waals surface area (Å²) in [4.78, 5) is 26.4. The molecule has 0 bridgehead atoms. The van der Waals surface area contributed by atoms with Crippen LogP contribution in [0.4, 0.5) is 0 Å². The van der Waals surface area contributed by atoms with Gasteiger partial charge in [0, 0.05) is 6.07 Å². The van der Waals surface area contributed by atoms with E-state index >= 15 is 0 Å². The second-order valence-electron chi connectivity index (χ2n) is 5.06. The summed E-state index contributed by atoms with van der Waals surface area (Å²) < 4.78 is 1.84. The van der Waals surface area contributed by atoms with Crippen molar-refractivity contribution in [1.82, 2.24) is 14.8 Å². The largest absolute Gasteiger partial charge is 0.307 e. The van der Waals surface area contributed by atoms with Crippen molar-refractivity contribution in [3.05, 3.63) is 32.3 Å². The SMILES string of the molecule is CCCC[C@H](CC)n1[nH]c(=O)c2c(C)cc(=O)[nH]c21. The Morgan fingerprint density at radius 2 is 2.05 bits per heavy atom. The van der Waals surface area contributed by atoms with E-state index in [1.54, 1.807) is 6.92 Å². The van der Waals surface area contributed by atoms with Crippen molar-refractivity contribution in [2.45, 2.75) is 52.5 Å². The van der Waals surface area contributed by atoms with Gasteiger partial charge in [0.05, 0.1) is 11.4 Å². The van der Waals surface area contributed by atoms with E-state index in [4.69, 9.17) is 0 Å². The molecular formula is C14H21N3O2. The van der Waals surface area contributed by atoms with Crippen LogP contribution in [0.25, 0.3) is 11.0 Å². The Hall–Kier alpha value is -1.78. The first-order valence-electron chi connectivity index (χ1n) is 6.92. The van der Waals surface area contributed by atoms with Gasteiger partial charge in [-0.25, -0.2) is 0 Å². The maximum absolute atomic E-state index is 12.0. The second kappa shape index (κ2) is 5.47. The summed E-state index contributed by atoms with van der Waals surface area (Å²) >= 11 is 0. The standard InChI is InChI=1S/C14H21N3O2/c1-4-6-7-10(5-2)17-13-12(14(19)16-17)9(3)8-11(18)15-13/h8,10H,4-7H2,1-3H3,(H,15,18)(H,16,19)/t10-/m0/s1. The lowest BCUT2D eigenvalue weighted by atomic mass is 10.1. The lowest BCUT2D eigenvalue weighted by molar-refractivity contribution is 0.407. The van der Waals surface area contributed by atoms with E-state index in [2.05, 4.69) is 23.9 Å². The summed E-state index contributed by atoms with van der Waals surface area (Å²) in [6.07, 6.45) is 4.16. The molecule has 2 aromatic heterocycles. The van der Waals surface area contributed by atoms with Crippen molar-refractivity contribution in [2.75, 3.05) is 0 Å². The molecule has 0 spiro atoms. The molecule has 0 fully saturated rings. The van der Waals surface area contributed by atoms with Crippen molar-refractivity contribution in [3.8, 4) is 0 Å². The van der Waals surface area contributed by atoms with E-state index in [1.165, 1.54) is 6.07 Å². The highest BCUT2D eigenvalue weighted by Crippen LogP contribution is 2.21. The van der Waals surface area contributed by atoms with E-state index in [1.807, 2.05) is 4.68 Å². The third-order valence-electron chi connectivity index (χ3n) is 3.64. The summed E-state index contributed by atoms with van der Waals surface area (Å²) in [5.74, 6) is 0. The number of pyridine rings is 1. The van der Waals surface area contributed by atoms with Crippen molar-refractivity contribution < 1.29 is 0 Å². The van der Waals surface area contributed by atoms with Crippen LogP contribution in [0.1, 0.15) is 51.1 Å². The predicted molar refractivity (Wildman–Crippen MR) is 76.8 cm³/mol. The van der Waals surface area contributed by atoms with Gasteiger partial charge in [-0.05, 0) is 25.3 Å². The van der Waals surface area contributed by atoms with Gasteiger partial charge in [-0.3, -0.25) is 19.4 Å². The molecule has 104 valence electrons. The minimum absolute atomic E-state index is 0.126. The fourth-order valence-corrected chi connectivity index (χ4v) is 2.59. The molecular weight excluding hydrogens is 242 g/mol. The zero-order valence-electron chi connectivity index (χ0n) is 11.7. The highest BCUT2D eigenvalue weighted by Gasteiger charge is 2.16. The quantitative estimate of drug-likeness (QED) is 0.870. The van der Waals surface area contributed by atoms with Crippen LogP contribution in [0, 0.1) is 6.92 Å². The average Bonchev–Trinajstić information content (AvgIpc) is 2.68. The Morgan fingerprint density at radius 1 is 1.32 bits per heavy atom. The van der Waals surface area contributed by atoms with E-state index < -0.39 is 0 Å². The van der Waals surface area contributed by atoms with Gasteiger partial charge < -0.3 is 4.98 Å². The monoisotopic (exact) mass is 263 g/mol. The van der Waals surface area contributed by atoms with Crippen molar-refractivity contribution in [3.63, 3.8) is 0 Å². The maximum Gasteiger partial charge on any atom is 0.273 e. The van der Waals surface area contributed by atoms with Gasteiger partial charge in [-0.2, -0.15) is 0 Å². The lowest BCUT2D eigenvalue weighted by Gasteiger charge is -2.16. The van der Waals surface area contributed by atoms with Crippen LogP contribution in [0.2, 0.25) is 0 Å². The molecule has 5 heteroatoms. The normalized spacial score (nSPS) is 13.0. The number of fused-ring (bicyclic) bond motifs is 1. The topological polar surface area (TPSA) is 70.7 Å². The fraction of sp³-hybridized carbons (Fsp3) is 0.571. The van der Waals surface area contributed by atoms with Crippen LogP contribution in [0.3, 0.4) is 0 Å². The van der Waals surface area contributed by atoms with Crippen molar-refractivity contribution in [1.29, 1.82) is 0 Å². The van der Waals surface area contributed by atoms with Gasteiger partial charge in [-0.1, -0.05) is 26.7 Å². The van der Waals surface area contributed by atoms with E-state index in [0.717, 1.165) is 31.2 Å². The fourth-order valence-electron chi connectivity index (χ4n) is 2.59. The van der Waals surface area contributed by atoms with Crippen LogP contribution >= 0.6 is 0 Å². The highest BCUT2D eigenvalue weighted by atomic mass is 16.1. The highest BCUT2D eigenvalue weighted by molar-refractivity contribution is 5.77.